The Labute approximate surface area is 163 Å². The first-order valence-corrected chi connectivity index (χ1v) is 10.4. The fourth-order valence-corrected chi connectivity index (χ4v) is 5.70. The lowest BCUT2D eigenvalue weighted by atomic mass is 10.2. The second-order valence-corrected chi connectivity index (χ2v) is 8.53. The average molecular weight is 418 g/mol. The van der Waals surface area contributed by atoms with Gasteiger partial charge in [0.1, 0.15) is 18.9 Å². The molecule has 0 spiro atoms. The van der Waals surface area contributed by atoms with Gasteiger partial charge in [-0.25, -0.2) is 13.8 Å². The Morgan fingerprint density at radius 1 is 1.21 bits per heavy atom. The van der Waals surface area contributed by atoms with E-state index in [9.17, 15) is 17.3 Å². The van der Waals surface area contributed by atoms with Crippen molar-refractivity contribution < 1.29 is 26.4 Å². The van der Waals surface area contributed by atoms with Gasteiger partial charge >= 0.3 is 7.25 Å². The van der Waals surface area contributed by atoms with Crippen molar-refractivity contribution in [2.24, 2.45) is 7.05 Å². The van der Waals surface area contributed by atoms with Gasteiger partial charge in [0.2, 0.25) is 14.8 Å². The van der Waals surface area contributed by atoms with Crippen molar-refractivity contribution >= 4 is 21.4 Å². The van der Waals surface area contributed by atoms with Crippen molar-refractivity contribution in [2.45, 2.75) is 25.4 Å². The largest absolute Gasteiger partial charge is 0.673 e. The number of imidazole rings is 1. The predicted molar refractivity (Wildman–Crippen MR) is 102 cm³/mol. The number of aryl methyl sites for hydroxylation is 1. The minimum Gasteiger partial charge on any atom is -0.418 e. The molecule has 0 N–H and O–H groups in total. The van der Waals surface area contributed by atoms with Crippen LogP contribution < -0.4 is 9.24 Å². The minimum atomic E-state index is -6.00. The van der Waals surface area contributed by atoms with Gasteiger partial charge in [-0.1, -0.05) is 18.2 Å². The summed E-state index contributed by atoms with van der Waals surface area (Å²) < 4.78 is 54.7. The highest BCUT2D eigenvalue weighted by Gasteiger charge is 2.43. The summed E-state index contributed by atoms with van der Waals surface area (Å²) in [5.74, 6) is 0. The maximum atomic E-state index is 9.75. The van der Waals surface area contributed by atoms with Crippen molar-refractivity contribution in [2.75, 3.05) is 24.4 Å². The highest BCUT2D eigenvalue weighted by atomic mass is 31.2. The van der Waals surface area contributed by atoms with E-state index in [0.717, 1.165) is 19.7 Å². The molecule has 2 aromatic rings. The standard InChI is InChI=1S/C17H24N4OP.BF4/c1-18-10-11-19(15-18)12-13-22-23-20-9-5-8-17(20)14-21(23)16-6-3-2-4-7-16;2-1(3,4)5/h2-4,6-7,10-11,15,17H,5,8-9,12-14H2,1H3;/q+1;-1/t17-,23-;/m0./s1. The SMILES string of the molecule is C[n+]1ccn(CCO[P@]2N(c3ccccc3)C[C@@H]3CCCN32)c1.F[B-](F)(F)F. The summed E-state index contributed by atoms with van der Waals surface area (Å²) in [6.45, 7) is 3.94. The zero-order valence-electron chi connectivity index (χ0n) is 15.7. The Balaban J connectivity index is 0.000000403. The number of anilines is 1. The lowest BCUT2D eigenvalue weighted by molar-refractivity contribution is -0.671. The molecule has 0 radical (unpaired) electrons. The van der Waals surface area contributed by atoms with E-state index in [4.69, 9.17) is 4.52 Å². The molecule has 3 heterocycles. The van der Waals surface area contributed by atoms with Crippen LogP contribution >= 0.6 is 8.45 Å². The normalized spacial score (nSPS) is 22.1. The highest BCUT2D eigenvalue weighted by Crippen LogP contribution is 2.56. The van der Waals surface area contributed by atoms with E-state index in [1.54, 1.807) is 0 Å². The molecule has 28 heavy (non-hydrogen) atoms. The maximum Gasteiger partial charge on any atom is 0.673 e. The first-order valence-electron chi connectivity index (χ1n) is 9.22. The van der Waals surface area contributed by atoms with Crippen LogP contribution in [0.2, 0.25) is 0 Å². The Bertz CT molecular complexity index is 742. The Morgan fingerprint density at radius 2 is 1.93 bits per heavy atom. The van der Waals surface area contributed by atoms with Crippen LogP contribution in [-0.4, -0.2) is 42.2 Å². The molecule has 2 aliphatic heterocycles. The van der Waals surface area contributed by atoms with Crippen LogP contribution in [-0.2, 0) is 18.1 Å². The third kappa shape index (κ3) is 5.93. The van der Waals surface area contributed by atoms with Crippen LogP contribution in [0.5, 0.6) is 0 Å². The van der Waals surface area contributed by atoms with Gasteiger partial charge in [-0.3, -0.25) is 0 Å². The molecule has 2 saturated heterocycles. The number of rotatable bonds is 5. The van der Waals surface area contributed by atoms with Crippen LogP contribution in [0.15, 0.2) is 49.1 Å². The van der Waals surface area contributed by atoms with E-state index in [-0.39, 0.29) is 0 Å². The number of halogens is 4. The monoisotopic (exact) mass is 418 g/mol. The average Bonchev–Trinajstić information content (AvgIpc) is 3.31. The first-order chi connectivity index (χ1) is 13.3. The first kappa shape index (κ1) is 21.1. The van der Waals surface area contributed by atoms with Crippen LogP contribution in [0, 0.1) is 0 Å². The summed E-state index contributed by atoms with van der Waals surface area (Å²) in [5.41, 5.74) is 1.29. The Morgan fingerprint density at radius 3 is 2.57 bits per heavy atom. The molecule has 0 saturated carbocycles. The fourth-order valence-electron chi connectivity index (χ4n) is 3.45. The van der Waals surface area contributed by atoms with Gasteiger partial charge in [0.15, 0.2) is 0 Å². The molecule has 2 fully saturated rings. The van der Waals surface area contributed by atoms with Gasteiger partial charge in [-0.15, -0.1) is 0 Å². The quantitative estimate of drug-likeness (QED) is 0.319. The molecule has 2 atom stereocenters. The summed E-state index contributed by atoms with van der Waals surface area (Å²) in [5, 5.41) is 0. The topological polar surface area (TPSA) is 24.5 Å². The molecule has 154 valence electrons. The molecular weight excluding hydrogens is 394 g/mol. The van der Waals surface area contributed by atoms with Crippen LogP contribution in [0.3, 0.4) is 0 Å². The van der Waals surface area contributed by atoms with E-state index >= 15 is 0 Å². The van der Waals surface area contributed by atoms with Crippen molar-refractivity contribution in [3.05, 3.63) is 49.1 Å². The molecule has 4 rings (SSSR count). The van der Waals surface area contributed by atoms with Crippen molar-refractivity contribution in [3.8, 4) is 0 Å². The molecule has 1 aromatic carbocycles. The van der Waals surface area contributed by atoms with Gasteiger partial charge in [-0.2, -0.15) is 0 Å². The number of benzene rings is 1. The third-order valence-electron chi connectivity index (χ3n) is 4.59. The lowest BCUT2D eigenvalue weighted by Crippen LogP contribution is -2.24. The number of nitrogens with zero attached hydrogens (tertiary/aromatic N) is 4. The van der Waals surface area contributed by atoms with E-state index in [2.05, 4.69) is 67.5 Å². The Hall–Kier alpha value is -1.64. The highest BCUT2D eigenvalue weighted by molar-refractivity contribution is 7.52. The van der Waals surface area contributed by atoms with Gasteiger partial charge in [0, 0.05) is 24.8 Å². The summed E-state index contributed by atoms with van der Waals surface area (Å²) in [6, 6.07) is 11.4. The molecule has 0 bridgehead atoms. The second-order valence-electron chi connectivity index (χ2n) is 6.77. The van der Waals surface area contributed by atoms with Crippen molar-refractivity contribution in [3.63, 3.8) is 0 Å². The van der Waals surface area contributed by atoms with Crippen LogP contribution in [0.25, 0.3) is 0 Å². The fraction of sp³-hybridized carbons (Fsp3) is 0.471. The number of para-hydroxylation sites is 1. The molecular formula is C17H24BF4N4OP. The van der Waals surface area contributed by atoms with E-state index < -0.39 is 15.7 Å². The molecule has 1 aromatic heterocycles. The van der Waals surface area contributed by atoms with Crippen molar-refractivity contribution in [1.29, 1.82) is 0 Å². The van der Waals surface area contributed by atoms with Gasteiger partial charge in [-0.05, 0) is 25.0 Å². The van der Waals surface area contributed by atoms with E-state index in [0.29, 0.717) is 6.04 Å². The minimum absolute atomic E-state index is 0.668. The summed E-state index contributed by atoms with van der Waals surface area (Å²) in [6.07, 6.45) is 8.87. The number of hydrogen-bond acceptors (Lipinski definition) is 3. The van der Waals surface area contributed by atoms with E-state index in [1.165, 1.54) is 25.1 Å². The number of fused-ring (bicyclic) bond motifs is 1. The lowest BCUT2D eigenvalue weighted by Gasteiger charge is -2.28. The predicted octanol–water partition coefficient (Wildman–Crippen LogP) is 3.84. The smallest absolute Gasteiger partial charge is 0.418 e. The summed E-state index contributed by atoms with van der Waals surface area (Å²) >= 11 is 0. The van der Waals surface area contributed by atoms with Gasteiger partial charge in [0.05, 0.1) is 13.7 Å². The molecule has 11 heteroatoms. The maximum absolute atomic E-state index is 9.75. The third-order valence-corrected chi connectivity index (χ3v) is 6.78. The zero-order valence-corrected chi connectivity index (χ0v) is 16.6. The van der Waals surface area contributed by atoms with E-state index in [1.807, 2.05) is 7.05 Å². The molecule has 0 aliphatic carbocycles. The van der Waals surface area contributed by atoms with Crippen molar-refractivity contribution in [1.82, 2.24) is 9.24 Å². The van der Waals surface area contributed by atoms with Gasteiger partial charge in [0.25, 0.3) is 0 Å². The molecule has 5 nitrogen and oxygen atoms in total. The number of hydrogen-bond donors (Lipinski definition) is 0. The zero-order chi connectivity index (χ0) is 20.1. The molecule has 2 aliphatic rings. The van der Waals surface area contributed by atoms with Gasteiger partial charge < -0.3 is 26.5 Å². The number of aromatic nitrogens is 2. The second kappa shape index (κ2) is 9.24. The molecule has 0 unspecified atom stereocenters. The summed E-state index contributed by atoms with van der Waals surface area (Å²) in [7, 11) is -4.62. The molecule has 0 amide bonds. The Kier molecular flexibility index (Phi) is 6.96. The van der Waals surface area contributed by atoms with Crippen LogP contribution in [0.4, 0.5) is 23.0 Å². The van der Waals surface area contributed by atoms with Crippen LogP contribution in [0.1, 0.15) is 12.8 Å². The summed E-state index contributed by atoms with van der Waals surface area (Å²) in [4.78, 5) is 0.